The van der Waals surface area contributed by atoms with Gasteiger partial charge in [-0.05, 0) is 13.8 Å². The molecule has 0 saturated carbocycles. The number of carbonyl (C=O) groups is 1. The van der Waals surface area contributed by atoms with Crippen LogP contribution in [0.25, 0.3) is 0 Å². The van der Waals surface area contributed by atoms with Crippen LogP contribution in [0.4, 0.5) is 5.69 Å². The Morgan fingerprint density at radius 1 is 1.65 bits per heavy atom. The molecule has 0 unspecified atom stereocenters. The predicted octanol–water partition coefficient (Wildman–Crippen LogP) is 0.394. The Balaban J connectivity index is 2.68. The number of halogens is 1. The SMILES string of the molecule is CC(C)NC(=O)CCn1cnc(Cl)c(N)c1=O. The minimum Gasteiger partial charge on any atom is -0.392 e. The molecule has 1 aromatic heterocycles. The molecule has 3 N–H and O–H groups in total. The van der Waals surface area contributed by atoms with Crippen LogP contribution < -0.4 is 16.6 Å². The number of nitrogens with two attached hydrogens (primary N) is 1. The van der Waals surface area contributed by atoms with Gasteiger partial charge in [-0.25, -0.2) is 4.98 Å². The van der Waals surface area contributed by atoms with Crippen LogP contribution in [0.1, 0.15) is 20.3 Å². The van der Waals surface area contributed by atoms with Gasteiger partial charge in [0.15, 0.2) is 5.15 Å². The lowest BCUT2D eigenvalue weighted by atomic mass is 10.3. The average Bonchev–Trinajstić information content (AvgIpc) is 2.24. The smallest absolute Gasteiger partial charge is 0.278 e. The Morgan fingerprint density at radius 2 is 2.29 bits per heavy atom. The lowest BCUT2D eigenvalue weighted by Crippen LogP contribution is -2.32. The summed E-state index contributed by atoms with van der Waals surface area (Å²) in [4.78, 5) is 26.7. The van der Waals surface area contributed by atoms with Crippen LogP contribution in [-0.2, 0) is 11.3 Å². The molecular weight excluding hydrogens is 244 g/mol. The maximum Gasteiger partial charge on any atom is 0.278 e. The largest absolute Gasteiger partial charge is 0.392 e. The lowest BCUT2D eigenvalue weighted by molar-refractivity contribution is -0.121. The second-order valence-electron chi connectivity index (χ2n) is 3.92. The Morgan fingerprint density at radius 3 is 2.88 bits per heavy atom. The molecule has 1 rings (SSSR count). The number of rotatable bonds is 4. The molecule has 6 nitrogen and oxygen atoms in total. The maximum atomic E-state index is 11.6. The molecule has 17 heavy (non-hydrogen) atoms. The molecule has 94 valence electrons. The number of amides is 1. The number of nitrogens with zero attached hydrogens (tertiary/aromatic N) is 2. The quantitative estimate of drug-likeness (QED) is 0.765. The highest BCUT2D eigenvalue weighted by Gasteiger charge is 2.08. The van der Waals surface area contributed by atoms with E-state index in [4.69, 9.17) is 17.3 Å². The first-order valence-electron chi connectivity index (χ1n) is 5.21. The van der Waals surface area contributed by atoms with Crippen molar-refractivity contribution < 1.29 is 4.79 Å². The van der Waals surface area contributed by atoms with Crippen LogP contribution >= 0.6 is 11.6 Å². The van der Waals surface area contributed by atoms with Crippen LogP contribution in [0, 0.1) is 0 Å². The molecule has 0 bridgehead atoms. The van der Waals surface area contributed by atoms with Gasteiger partial charge in [0.25, 0.3) is 5.56 Å². The molecule has 0 spiro atoms. The molecule has 0 atom stereocenters. The normalized spacial score (nSPS) is 10.6. The van der Waals surface area contributed by atoms with Gasteiger partial charge in [0.1, 0.15) is 5.69 Å². The summed E-state index contributed by atoms with van der Waals surface area (Å²) in [6.07, 6.45) is 1.48. The Bertz CT molecular complexity index is 470. The van der Waals surface area contributed by atoms with Gasteiger partial charge in [0.05, 0.1) is 6.33 Å². The minimum atomic E-state index is -0.428. The van der Waals surface area contributed by atoms with Crippen molar-refractivity contribution in [1.29, 1.82) is 0 Å². The highest BCUT2D eigenvalue weighted by atomic mass is 35.5. The Labute approximate surface area is 104 Å². The van der Waals surface area contributed by atoms with Crippen molar-refractivity contribution in [2.24, 2.45) is 0 Å². The molecule has 0 saturated heterocycles. The van der Waals surface area contributed by atoms with Gasteiger partial charge >= 0.3 is 0 Å². The van der Waals surface area contributed by atoms with Crippen molar-refractivity contribution in [2.45, 2.75) is 32.9 Å². The summed E-state index contributed by atoms with van der Waals surface area (Å²) in [6, 6.07) is 0.0765. The maximum absolute atomic E-state index is 11.6. The van der Waals surface area contributed by atoms with Gasteiger partial charge in [0.2, 0.25) is 5.91 Å². The number of aromatic nitrogens is 2. The highest BCUT2D eigenvalue weighted by Crippen LogP contribution is 2.08. The molecule has 0 fully saturated rings. The molecule has 1 heterocycles. The van der Waals surface area contributed by atoms with E-state index in [2.05, 4.69) is 10.3 Å². The lowest BCUT2D eigenvalue weighted by Gasteiger charge is -2.09. The number of aryl methyl sites for hydroxylation is 1. The van der Waals surface area contributed by atoms with E-state index in [1.54, 1.807) is 0 Å². The van der Waals surface area contributed by atoms with Gasteiger partial charge in [-0.1, -0.05) is 11.6 Å². The summed E-state index contributed by atoms with van der Waals surface area (Å²) in [5.41, 5.74) is 4.91. The highest BCUT2D eigenvalue weighted by molar-refractivity contribution is 6.31. The van der Waals surface area contributed by atoms with Crippen LogP contribution in [0.15, 0.2) is 11.1 Å². The molecule has 0 aliphatic heterocycles. The molecule has 0 aliphatic rings. The molecule has 0 aromatic carbocycles. The fourth-order valence-corrected chi connectivity index (χ4v) is 1.39. The van der Waals surface area contributed by atoms with Crippen molar-refractivity contribution >= 4 is 23.2 Å². The third kappa shape index (κ3) is 3.74. The summed E-state index contributed by atoms with van der Waals surface area (Å²) in [5, 5.41) is 2.71. The van der Waals surface area contributed by atoms with E-state index in [1.165, 1.54) is 10.9 Å². The average molecular weight is 259 g/mol. The fraction of sp³-hybridized carbons (Fsp3) is 0.500. The molecule has 7 heteroatoms. The number of nitrogen functional groups attached to an aromatic ring is 1. The third-order valence-corrected chi connectivity index (χ3v) is 2.35. The third-order valence-electron chi connectivity index (χ3n) is 2.05. The van der Waals surface area contributed by atoms with E-state index in [9.17, 15) is 9.59 Å². The second kappa shape index (κ2) is 5.67. The number of nitrogens with one attached hydrogen (secondary N) is 1. The standard InChI is InChI=1S/C10H15ClN4O2/c1-6(2)14-7(16)3-4-15-5-13-9(11)8(12)10(15)17/h5-6H,3-4,12H2,1-2H3,(H,14,16). The van der Waals surface area contributed by atoms with Crippen molar-refractivity contribution in [2.75, 3.05) is 5.73 Å². The van der Waals surface area contributed by atoms with Gasteiger partial charge in [-0.2, -0.15) is 0 Å². The van der Waals surface area contributed by atoms with E-state index >= 15 is 0 Å². The van der Waals surface area contributed by atoms with Gasteiger partial charge in [0, 0.05) is 19.0 Å². The van der Waals surface area contributed by atoms with Crippen LogP contribution in [0.5, 0.6) is 0 Å². The van der Waals surface area contributed by atoms with Gasteiger partial charge in [-0.15, -0.1) is 0 Å². The second-order valence-corrected chi connectivity index (χ2v) is 4.28. The van der Waals surface area contributed by atoms with E-state index in [0.29, 0.717) is 0 Å². The van der Waals surface area contributed by atoms with Crippen molar-refractivity contribution in [3.05, 3.63) is 21.8 Å². The first-order valence-corrected chi connectivity index (χ1v) is 5.59. The molecular formula is C10H15ClN4O2. The summed E-state index contributed by atoms with van der Waals surface area (Å²) in [6.45, 7) is 3.96. The van der Waals surface area contributed by atoms with Crippen LogP contribution in [0.3, 0.4) is 0 Å². The predicted molar refractivity (Wildman–Crippen MR) is 65.8 cm³/mol. The van der Waals surface area contributed by atoms with Gasteiger partial charge < -0.3 is 11.1 Å². The number of hydrogen-bond acceptors (Lipinski definition) is 4. The molecule has 1 amide bonds. The summed E-state index contributed by atoms with van der Waals surface area (Å²) < 4.78 is 1.26. The number of hydrogen-bond donors (Lipinski definition) is 2. The van der Waals surface area contributed by atoms with Crippen LogP contribution in [-0.4, -0.2) is 21.5 Å². The first-order chi connectivity index (χ1) is 7.91. The van der Waals surface area contributed by atoms with Crippen molar-refractivity contribution in [1.82, 2.24) is 14.9 Å². The summed E-state index contributed by atoms with van der Waals surface area (Å²) in [7, 11) is 0. The fourth-order valence-electron chi connectivity index (χ4n) is 1.26. The molecule has 1 aromatic rings. The summed E-state index contributed by atoms with van der Waals surface area (Å²) >= 11 is 5.59. The van der Waals surface area contributed by atoms with E-state index in [1.807, 2.05) is 13.8 Å². The first kappa shape index (κ1) is 13.5. The minimum absolute atomic E-state index is 0.0159. The Hall–Kier alpha value is -1.56. The van der Waals surface area contributed by atoms with Crippen LogP contribution in [0.2, 0.25) is 5.15 Å². The Kier molecular flexibility index (Phi) is 4.51. The molecule has 0 aliphatic carbocycles. The topological polar surface area (TPSA) is 90.0 Å². The van der Waals surface area contributed by atoms with Gasteiger partial charge in [-0.3, -0.25) is 14.2 Å². The van der Waals surface area contributed by atoms with E-state index in [0.717, 1.165) is 0 Å². The van der Waals surface area contributed by atoms with Crippen molar-refractivity contribution in [3.63, 3.8) is 0 Å². The van der Waals surface area contributed by atoms with E-state index in [-0.39, 0.29) is 35.8 Å². The zero-order valence-corrected chi connectivity index (χ0v) is 10.5. The van der Waals surface area contributed by atoms with Crippen molar-refractivity contribution in [3.8, 4) is 0 Å². The van der Waals surface area contributed by atoms with E-state index < -0.39 is 5.56 Å². The number of carbonyl (C=O) groups excluding carboxylic acids is 1. The zero-order valence-electron chi connectivity index (χ0n) is 9.74. The molecule has 0 radical (unpaired) electrons. The zero-order chi connectivity index (χ0) is 13.0. The summed E-state index contributed by atoms with van der Waals surface area (Å²) in [5.74, 6) is -0.125. The monoisotopic (exact) mass is 258 g/mol. The number of anilines is 1.